The summed E-state index contributed by atoms with van der Waals surface area (Å²) in [6, 6.07) is 14.9. The average molecular weight is 906 g/mol. The van der Waals surface area contributed by atoms with Gasteiger partial charge in [0, 0.05) is 18.0 Å². The summed E-state index contributed by atoms with van der Waals surface area (Å²) in [7, 11) is 0. The number of alkyl halides is 6. The molecule has 0 bridgehead atoms. The Labute approximate surface area is 390 Å². The molecule has 368 valence electrons. The molecule has 0 saturated heterocycles. The Bertz CT molecular complexity index is 1530. The molecule has 3 rings (SSSR count). The molecule has 1 heterocycles. The molecule has 0 spiro atoms. The summed E-state index contributed by atoms with van der Waals surface area (Å²) in [6.45, 7) is 40.9. The van der Waals surface area contributed by atoms with Crippen molar-refractivity contribution < 1.29 is 26.3 Å². The van der Waals surface area contributed by atoms with Gasteiger partial charge in [-0.05, 0) is 118 Å². The molecule has 0 aliphatic rings. The van der Waals surface area contributed by atoms with Crippen molar-refractivity contribution in [3.8, 4) is 0 Å². The van der Waals surface area contributed by atoms with E-state index in [-0.39, 0.29) is 5.56 Å². The van der Waals surface area contributed by atoms with Gasteiger partial charge >= 0.3 is 12.4 Å². The maximum absolute atomic E-state index is 12.3. The van der Waals surface area contributed by atoms with Crippen molar-refractivity contribution in [1.29, 1.82) is 0 Å². The second-order valence-electron chi connectivity index (χ2n) is 16.5. The largest absolute Gasteiger partial charge is 0.417 e. The van der Waals surface area contributed by atoms with Gasteiger partial charge in [0.25, 0.3) is 0 Å². The number of unbranched alkanes of at least 4 members (excludes halogenated alkanes) is 4. The second kappa shape index (κ2) is 42.1. The van der Waals surface area contributed by atoms with Crippen molar-refractivity contribution >= 4 is 5.57 Å². The summed E-state index contributed by atoms with van der Waals surface area (Å²) < 4.78 is 73.1. The van der Waals surface area contributed by atoms with Gasteiger partial charge in [-0.1, -0.05) is 195 Å². The van der Waals surface area contributed by atoms with Gasteiger partial charge in [-0.3, -0.25) is 4.98 Å². The van der Waals surface area contributed by atoms with E-state index in [0.717, 1.165) is 54.1 Å². The van der Waals surface area contributed by atoms with Gasteiger partial charge in [-0.25, -0.2) is 0 Å². The first-order valence-corrected chi connectivity index (χ1v) is 24.3. The molecule has 2 atom stereocenters. The first-order valence-electron chi connectivity index (χ1n) is 24.3. The van der Waals surface area contributed by atoms with E-state index >= 15 is 0 Å². The molecule has 0 radical (unpaired) electrons. The van der Waals surface area contributed by atoms with Crippen molar-refractivity contribution in [2.24, 2.45) is 17.8 Å². The summed E-state index contributed by atoms with van der Waals surface area (Å²) in [4.78, 5) is 3.62. The van der Waals surface area contributed by atoms with Crippen molar-refractivity contribution in [2.45, 2.75) is 206 Å². The van der Waals surface area contributed by atoms with Crippen molar-refractivity contribution in [1.82, 2.24) is 4.98 Å². The van der Waals surface area contributed by atoms with E-state index < -0.39 is 23.5 Å². The lowest BCUT2D eigenvalue weighted by molar-refractivity contribution is -0.138. The average Bonchev–Trinajstić information content (AvgIpc) is 3.26. The molecule has 7 heteroatoms. The van der Waals surface area contributed by atoms with E-state index in [1.54, 1.807) is 6.08 Å². The number of pyridine rings is 1. The van der Waals surface area contributed by atoms with Crippen LogP contribution in [0.25, 0.3) is 5.57 Å². The van der Waals surface area contributed by atoms with E-state index in [2.05, 4.69) is 111 Å². The Morgan fingerprint density at radius 1 is 0.688 bits per heavy atom. The lowest BCUT2D eigenvalue weighted by atomic mass is 9.80. The summed E-state index contributed by atoms with van der Waals surface area (Å²) in [5, 5.41) is 0. The topological polar surface area (TPSA) is 12.9 Å². The molecule has 0 N–H and O–H groups in total. The van der Waals surface area contributed by atoms with Gasteiger partial charge in [0.15, 0.2) is 0 Å². The molecule has 0 aliphatic heterocycles. The highest BCUT2D eigenvalue weighted by molar-refractivity contribution is 5.64. The molecule has 0 saturated carbocycles. The molecule has 0 amide bonds. The number of allylic oxidation sites excluding steroid dienone is 3. The van der Waals surface area contributed by atoms with Crippen LogP contribution in [0.4, 0.5) is 26.3 Å². The lowest BCUT2D eigenvalue weighted by Gasteiger charge is -2.26. The van der Waals surface area contributed by atoms with Crippen LogP contribution in [0.5, 0.6) is 0 Å². The van der Waals surface area contributed by atoms with E-state index in [1.807, 2.05) is 27.7 Å². The minimum Gasteiger partial charge on any atom is -0.264 e. The van der Waals surface area contributed by atoms with Gasteiger partial charge in [0.05, 0.1) is 11.1 Å². The number of benzene rings is 2. The number of nitrogens with zero attached hydrogens (tertiary/aromatic N) is 1. The van der Waals surface area contributed by atoms with E-state index in [1.165, 1.54) is 132 Å². The van der Waals surface area contributed by atoms with Crippen LogP contribution >= 0.6 is 0 Å². The first kappa shape index (κ1) is 67.0. The summed E-state index contributed by atoms with van der Waals surface area (Å²) in [5.74, 6) is 2.46. The van der Waals surface area contributed by atoms with Gasteiger partial charge < -0.3 is 0 Å². The molecule has 0 aliphatic carbocycles. The van der Waals surface area contributed by atoms with Crippen LogP contribution in [-0.4, -0.2) is 4.98 Å². The predicted molar refractivity (Wildman–Crippen MR) is 272 cm³/mol. The van der Waals surface area contributed by atoms with Gasteiger partial charge in [-0.2, -0.15) is 26.3 Å². The Hall–Kier alpha value is -3.61. The van der Waals surface area contributed by atoms with Crippen LogP contribution in [-0.2, 0) is 25.2 Å². The Balaban J connectivity index is -0.000000354. The van der Waals surface area contributed by atoms with Crippen LogP contribution < -0.4 is 0 Å². The van der Waals surface area contributed by atoms with Crippen LogP contribution in [0.1, 0.15) is 207 Å². The van der Waals surface area contributed by atoms with E-state index in [4.69, 9.17) is 0 Å². The van der Waals surface area contributed by atoms with Crippen LogP contribution in [0.15, 0.2) is 98.4 Å². The fourth-order valence-corrected chi connectivity index (χ4v) is 6.26. The van der Waals surface area contributed by atoms with Crippen LogP contribution in [0.3, 0.4) is 0 Å². The van der Waals surface area contributed by atoms with Crippen LogP contribution in [0.2, 0.25) is 0 Å². The molecule has 3 aromatic rings. The van der Waals surface area contributed by atoms with Gasteiger partial charge in [-0.15, -0.1) is 6.58 Å². The number of hydrogen-bond acceptors (Lipinski definition) is 1. The Kier molecular flexibility index (Phi) is 44.0. The maximum Gasteiger partial charge on any atom is 0.417 e. The highest BCUT2D eigenvalue weighted by Gasteiger charge is 2.33. The molecule has 1 nitrogen and oxygen atoms in total. The Morgan fingerprint density at radius 2 is 1.23 bits per heavy atom. The second-order valence-corrected chi connectivity index (χ2v) is 16.5. The van der Waals surface area contributed by atoms with Gasteiger partial charge in [0.1, 0.15) is 0 Å². The SMILES string of the molecule is C=C(C)c1cnccc1C(F)(F)F.C=C(CCCCC)C(CCCC)C(C)CCC.C=CC.CC.CCCC.CCc1ccc(C(F)(F)F)cc1.Cc1ccccc1CCCC(C)C. The van der Waals surface area contributed by atoms with Crippen molar-refractivity contribution in [2.75, 3.05) is 0 Å². The number of aromatic nitrogens is 1. The molecule has 64 heavy (non-hydrogen) atoms. The summed E-state index contributed by atoms with van der Waals surface area (Å²) >= 11 is 0. The number of halogens is 6. The smallest absolute Gasteiger partial charge is 0.264 e. The van der Waals surface area contributed by atoms with Crippen LogP contribution in [0, 0.1) is 24.7 Å². The standard InChI is InChI=1S/C17H34.C13H20.C9H8F3N.C9H9F3.C4H10.C3H6.C2H6/c1-6-9-11-13-16(5)17(14-10-7-2)15(4)12-8-3;1-11(2)7-6-10-13-9-5-4-8-12(13)3;1-6(2)7-5-13-4-3-8(7)9(10,11)12;1-2-7-3-5-8(6-4-7)9(10,11)12;1-3-4-2;1-3-2;1-2/h15,17H,5-14H2,1-4H3;4-5,8-9,11H,6-7,10H2,1-3H3;3-5H,1H2,2H3;3-6H,2H2,1H3;3-4H2,1-2H3;3H,1H2,2H3;1-2H3. The van der Waals surface area contributed by atoms with E-state index in [9.17, 15) is 26.3 Å². The van der Waals surface area contributed by atoms with E-state index in [0.29, 0.717) is 5.57 Å². The monoisotopic (exact) mass is 906 g/mol. The fourth-order valence-electron chi connectivity index (χ4n) is 6.26. The third-order valence-corrected chi connectivity index (χ3v) is 10.2. The highest BCUT2D eigenvalue weighted by atomic mass is 19.4. The Morgan fingerprint density at radius 3 is 1.64 bits per heavy atom. The quantitative estimate of drug-likeness (QED) is 0.0704. The number of hydrogen-bond donors (Lipinski definition) is 0. The van der Waals surface area contributed by atoms with Gasteiger partial charge in [0.2, 0.25) is 0 Å². The third kappa shape index (κ3) is 35.7. The molecule has 1 aromatic heterocycles. The number of rotatable bonds is 18. The fraction of sp³-hybridized carbons (Fsp3) is 0.596. The molecular weight excluding hydrogens is 813 g/mol. The zero-order valence-electron chi connectivity index (χ0n) is 43.1. The normalized spacial score (nSPS) is 11.3. The molecular formula is C57H93F6N. The minimum atomic E-state index is -4.34. The summed E-state index contributed by atoms with van der Waals surface area (Å²) in [6.07, 6.45) is 14.8. The predicted octanol–water partition coefficient (Wildman–Crippen LogP) is 20.8. The third-order valence-electron chi connectivity index (χ3n) is 10.2. The molecule has 2 unspecified atom stereocenters. The minimum absolute atomic E-state index is 0.0509. The number of aryl methyl sites for hydroxylation is 3. The summed E-state index contributed by atoms with van der Waals surface area (Å²) in [5.41, 5.74) is 4.55. The lowest BCUT2D eigenvalue weighted by Crippen LogP contribution is -2.14. The zero-order chi connectivity index (χ0) is 50.1. The highest BCUT2D eigenvalue weighted by Crippen LogP contribution is 2.34. The first-order chi connectivity index (χ1) is 30.2. The molecule has 2 aromatic carbocycles. The maximum atomic E-state index is 12.3. The van der Waals surface area contributed by atoms with Crippen molar-refractivity contribution in [3.05, 3.63) is 132 Å². The zero-order valence-corrected chi connectivity index (χ0v) is 43.1. The molecule has 0 fully saturated rings. The van der Waals surface area contributed by atoms with Crippen molar-refractivity contribution in [3.63, 3.8) is 0 Å².